The summed E-state index contributed by atoms with van der Waals surface area (Å²) in [6.45, 7) is 3.08. The van der Waals surface area contributed by atoms with Gasteiger partial charge in [-0.1, -0.05) is 24.3 Å². The van der Waals surface area contributed by atoms with Gasteiger partial charge in [-0.2, -0.15) is 0 Å². The van der Waals surface area contributed by atoms with Gasteiger partial charge < -0.3 is 14.5 Å². The fourth-order valence-corrected chi connectivity index (χ4v) is 3.73. The molecule has 1 saturated heterocycles. The lowest BCUT2D eigenvalue weighted by atomic mass is 9.98. The highest BCUT2D eigenvalue weighted by molar-refractivity contribution is 5.80. The molecule has 0 N–H and O–H groups in total. The molecule has 0 spiro atoms. The van der Waals surface area contributed by atoms with Gasteiger partial charge in [0.2, 0.25) is 11.8 Å². The van der Waals surface area contributed by atoms with Gasteiger partial charge in [-0.25, -0.2) is 9.97 Å². The Labute approximate surface area is 147 Å². The Morgan fingerprint density at radius 3 is 2.88 bits per heavy atom. The average molecular weight is 338 g/mol. The molecule has 0 radical (unpaired) electrons. The fourth-order valence-electron chi connectivity index (χ4n) is 3.73. The first-order valence-corrected chi connectivity index (χ1v) is 8.71. The van der Waals surface area contributed by atoms with Crippen LogP contribution in [0.3, 0.4) is 0 Å². The van der Waals surface area contributed by atoms with E-state index in [1.807, 2.05) is 17.0 Å². The number of fused-ring (bicyclic) bond motifs is 1. The van der Waals surface area contributed by atoms with E-state index in [0.717, 1.165) is 38.3 Å². The molecule has 0 bridgehead atoms. The average Bonchev–Trinajstić information content (AvgIpc) is 3.17. The van der Waals surface area contributed by atoms with Crippen LogP contribution in [0.25, 0.3) is 0 Å². The lowest BCUT2D eigenvalue weighted by Crippen LogP contribution is -2.40. The summed E-state index contributed by atoms with van der Waals surface area (Å²) in [5.74, 6) is 1.67. The summed E-state index contributed by atoms with van der Waals surface area (Å²) in [4.78, 5) is 25.5. The van der Waals surface area contributed by atoms with Gasteiger partial charge in [0.15, 0.2) is 0 Å². The van der Waals surface area contributed by atoms with Crippen molar-refractivity contribution >= 4 is 11.7 Å². The molecule has 3 heterocycles. The van der Waals surface area contributed by atoms with Gasteiger partial charge in [-0.15, -0.1) is 0 Å². The Bertz CT molecular complexity index is 780. The van der Waals surface area contributed by atoms with Gasteiger partial charge in [0, 0.05) is 32.2 Å². The summed E-state index contributed by atoms with van der Waals surface area (Å²) >= 11 is 0. The number of benzene rings is 1. The molecule has 1 unspecified atom stereocenters. The summed E-state index contributed by atoms with van der Waals surface area (Å²) in [6, 6.07) is 10.2. The molecule has 25 heavy (non-hydrogen) atoms. The lowest BCUT2D eigenvalue weighted by Gasteiger charge is -2.31. The fraction of sp³-hybridized carbons (Fsp3) is 0.421. The predicted molar refractivity (Wildman–Crippen MR) is 94.5 cm³/mol. The molecule has 4 rings (SSSR count). The number of ether oxygens (including phenoxy) is 1. The topological polar surface area (TPSA) is 58.6 Å². The van der Waals surface area contributed by atoms with E-state index in [2.05, 4.69) is 33.1 Å². The van der Waals surface area contributed by atoms with Crippen LogP contribution in [-0.2, 0) is 17.8 Å². The monoisotopic (exact) mass is 338 g/mol. The zero-order chi connectivity index (χ0) is 17.2. The molecular weight excluding hydrogens is 316 g/mol. The summed E-state index contributed by atoms with van der Waals surface area (Å²) < 4.78 is 5.16. The molecule has 1 atom stereocenters. The number of methoxy groups -OCH3 is 1. The Morgan fingerprint density at radius 1 is 1.20 bits per heavy atom. The highest BCUT2D eigenvalue weighted by Gasteiger charge is 2.33. The maximum absolute atomic E-state index is 13.0. The normalized spacial score (nSPS) is 19.6. The summed E-state index contributed by atoms with van der Waals surface area (Å²) in [7, 11) is 1.59. The van der Waals surface area contributed by atoms with Gasteiger partial charge in [-0.05, 0) is 24.0 Å². The minimum atomic E-state index is 0.0335. The Morgan fingerprint density at radius 2 is 2.04 bits per heavy atom. The quantitative estimate of drug-likeness (QED) is 0.855. The first-order chi connectivity index (χ1) is 12.2. The number of nitrogens with zero attached hydrogens (tertiary/aromatic N) is 4. The van der Waals surface area contributed by atoms with Crippen LogP contribution in [0.4, 0.5) is 5.82 Å². The van der Waals surface area contributed by atoms with Crippen molar-refractivity contribution in [3.63, 3.8) is 0 Å². The van der Waals surface area contributed by atoms with Gasteiger partial charge in [0.25, 0.3) is 0 Å². The lowest BCUT2D eigenvalue weighted by molar-refractivity contribution is -0.135. The van der Waals surface area contributed by atoms with Crippen molar-refractivity contribution < 1.29 is 9.53 Å². The smallest absolute Gasteiger partial charge is 0.227 e. The first-order valence-electron chi connectivity index (χ1n) is 8.71. The van der Waals surface area contributed by atoms with Crippen molar-refractivity contribution in [3.8, 4) is 5.88 Å². The highest BCUT2D eigenvalue weighted by Crippen LogP contribution is 2.27. The van der Waals surface area contributed by atoms with E-state index in [1.54, 1.807) is 7.11 Å². The van der Waals surface area contributed by atoms with E-state index in [-0.39, 0.29) is 11.8 Å². The summed E-state index contributed by atoms with van der Waals surface area (Å²) in [5, 5.41) is 0. The number of hydrogen-bond donors (Lipinski definition) is 0. The molecule has 6 heteroatoms. The third-order valence-electron chi connectivity index (χ3n) is 5.14. The Hall–Kier alpha value is -2.63. The minimum absolute atomic E-state index is 0.0335. The van der Waals surface area contributed by atoms with E-state index in [9.17, 15) is 4.79 Å². The minimum Gasteiger partial charge on any atom is -0.481 e. The van der Waals surface area contributed by atoms with Gasteiger partial charge in [0.1, 0.15) is 12.1 Å². The zero-order valence-electron chi connectivity index (χ0n) is 14.4. The van der Waals surface area contributed by atoms with E-state index < -0.39 is 0 Å². The molecule has 2 aromatic rings. The molecule has 1 aromatic heterocycles. The molecule has 1 aromatic carbocycles. The standard InChI is InChI=1S/C19H22N4O2/c1-25-18-10-17(20-13-21-18)22-8-7-16(12-22)19(24)23-9-6-14-4-2-3-5-15(14)11-23/h2-5,10,13,16H,6-9,11-12H2,1H3. The second kappa shape index (κ2) is 6.70. The number of hydrogen-bond acceptors (Lipinski definition) is 5. The SMILES string of the molecule is COc1cc(N2CCC(C(=O)N3CCc4ccccc4C3)C2)ncn1. The van der Waals surface area contributed by atoms with Crippen molar-refractivity contribution in [1.29, 1.82) is 0 Å². The second-order valence-corrected chi connectivity index (χ2v) is 6.63. The number of carbonyl (C=O) groups excluding carboxylic acids is 1. The molecular formula is C19H22N4O2. The third kappa shape index (κ3) is 3.16. The van der Waals surface area contributed by atoms with E-state index in [1.165, 1.54) is 17.5 Å². The summed E-state index contributed by atoms with van der Waals surface area (Å²) in [5.41, 5.74) is 2.64. The third-order valence-corrected chi connectivity index (χ3v) is 5.14. The number of rotatable bonds is 3. The molecule has 0 aliphatic carbocycles. The van der Waals surface area contributed by atoms with Crippen LogP contribution in [0.2, 0.25) is 0 Å². The van der Waals surface area contributed by atoms with Crippen LogP contribution in [0.5, 0.6) is 5.88 Å². The van der Waals surface area contributed by atoms with Crippen LogP contribution in [0.1, 0.15) is 17.5 Å². The number of carbonyl (C=O) groups is 1. The molecule has 0 saturated carbocycles. The molecule has 6 nitrogen and oxygen atoms in total. The van der Waals surface area contributed by atoms with Crippen LogP contribution in [0.15, 0.2) is 36.7 Å². The maximum Gasteiger partial charge on any atom is 0.227 e. The van der Waals surface area contributed by atoms with Crippen molar-refractivity contribution in [1.82, 2.24) is 14.9 Å². The maximum atomic E-state index is 13.0. The molecule has 1 amide bonds. The van der Waals surface area contributed by atoms with Crippen molar-refractivity contribution in [2.24, 2.45) is 5.92 Å². The number of anilines is 1. The van der Waals surface area contributed by atoms with Crippen molar-refractivity contribution in [3.05, 3.63) is 47.8 Å². The van der Waals surface area contributed by atoms with E-state index in [0.29, 0.717) is 12.4 Å². The van der Waals surface area contributed by atoms with Crippen LogP contribution >= 0.6 is 0 Å². The molecule has 2 aliphatic rings. The zero-order valence-corrected chi connectivity index (χ0v) is 14.4. The predicted octanol–water partition coefficient (Wildman–Crippen LogP) is 1.90. The van der Waals surface area contributed by atoms with Crippen LogP contribution < -0.4 is 9.64 Å². The van der Waals surface area contributed by atoms with Crippen LogP contribution in [-0.4, -0.2) is 47.5 Å². The van der Waals surface area contributed by atoms with Gasteiger partial charge >= 0.3 is 0 Å². The molecule has 1 fully saturated rings. The molecule has 130 valence electrons. The Balaban J connectivity index is 1.42. The largest absolute Gasteiger partial charge is 0.481 e. The first kappa shape index (κ1) is 15.9. The van der Waals surface area contributed by atoms with E-state index >= 15 is 0 Å². The highest BCUT2D eigenvalue weighted by atomic mass is 16.5. The Kier molecular flexibility index (Phi) is 4.26. The van der Waals surface area contributed by atoms with Crippen molar-refractivity contribution in [2.45, 2.75) is 19.4 Å². The summed E-state index contributed by atoms with van der Waals surface area (Å²) in [6.07, 6.45) is 3.32. The van der Waals surface area contributed by atoms with Crippen LogP contribution in [0, 0.1) is 5.92 Å². The molecule has 2 aliphatic heterocycles. The van der Waals surface area contributed by atoms with Crippen molar-refractivity contribution in [2.75, 3.05) is 31.6 Å². The number of amides is 1. The van der Waals surface area contributed by atoms with Gasteiger partial charge in [-0.3, -0.25) is 4.79 Å². The number of aromatic nitrogens is 2. The second-order valence-electron chi connectivity index (χ2n) is 6.63. The van der Waals surface area contributed by atoms with Gasteiger partial charge in [0.05, 0.1) is 13.0 Å². The van der Waals surface area contributed by atoms with E-state index in [4.69, 9.17) is 4.74 Å².